The summed E-state index contributed by atoms with van der Waals surface area (Å²) in [5.74, 6) is 0.227. The molecule has 1 aliphatic heterocycles. The summed E-state index contributed by atoms with van der Waals surface area (Å²) < 4.78 is 10.8. The summed E-state index contributed by atoms with van der Waals surface area (Å²) in [7, 11) is 0. The Kier molecular flexibility index (Phi) is 5.78. The summed E-state index contributed by atoms with van der Waals surface area (Å²) in [4.78, 5) is 26.6. The fraction of sp³-hybridized carbons (Fsp3) is 0.333. The van der Waals surface area contributed by atoms with Crippen molar-refractivity contribution >= 4 is 23.2 Å². The molecule has 5 heteroatoms. The fourth-order valence-corrected chi connectivity index (χ4v) is 3.74. The number of allylic oxidation sites excluding steroid dienone is 2. The van der Waals surface area contributed by atoms with Crippen LogP contribution in [-0.4, -0.2) is 25.0 Å². The van der Waals surface area contributed by atoms with Gasteiger partial charge in [-0.15, -0.1) is 0 Å². The van der Waals surface area contributed by atoms with Crippen molar-refractivity contribution in [2.45, 2.75) is 41.5 Å². The predicted octanol–water partition coefficient (Wildman–Crippen LogP) is 5.29. The van der Waals surface area contributed by atoms with Crippen LogP contribution in [0.1, 0.15) is 45.9 Å². The zero-order valence-corrected chi connectivity index (χ0v) is 17.9. The van der Waals surface area contributed by atoms with Crippen molar-refractivity contribution in [2.24, 2.45) is 0 Å². The molecule has 0 bridgehead atoms. The van der Waals surface area contributed by atoms with Gasteiger partial charge in [-0.05, 0) is 77.4 Å². The number of benzene rings is 1. The largest absolute Gasteiger partial charge is 0.461 e. The van der Waals surface area contributed by atoms with Crippen LogP contribution in [0.25, 0.3) is 16.9 Å². The van der Waals surface area contributed by atoms with Gasteiger partial charge in [-0.3, -0.25) is 0 Å². The van der Waals surface area contributed by atoms with Crippen molar-refractivity contribution in [1.29, 1.82) is 0 Å². The van der Waals surface area contributed by atoms with Crippen LogP contribution in [0.15, 0.2) is 51.5 Å². The molecular weight excluding hydrogens is 366 g/mol. The number of ether oxygens (including phenoxy) is 1. The Morgan fingerprint density at radius 2 is 1.52 bits per heavy atom. The third kappa shape index (κ3) is 3.77. The lowest BCUT2D eigenvalue weighted by molar-refractivity contribution is -0.149. The van der Waals surface area contributed by atoms with Crippen LogP contribution in [0, 0.1) is 6.92 Å². The van der Waals surface area contributed by atoms with E-state index in [4.69, 9.17) is 9.15 Å². The number of hydrogen-bond acceptors (Lipinski definition) is 5. The minimum atomic E-state index is -0.602. The summed E-state index contributed by atoms with van der Waals surface area (Å²) >= 11 is 0. The SMILES string of the molecule is CCN(CC)c1ccc(-c2cc(C(C)=C3C(=O)OC(=O)C3=C(C)C)c(C)o2)cc1. The van der Waals surface area contributed by atoms with Crippen molar-refractivity contribution in [2.75, 3.05) is 18.0 Å². The molecule has 0 saturated carbocycles. The second-order valence-electron chi connectivity index (χ2n) is 7.35. The fourth-order valence-electron chi connectivity index (χ4n) is 3.74. The number of hydrogen-bond donors (Lipinski definition) is 0. The van der Waals surface area contributed by atoms with Crippen LogP contribution < -0.4 is 4.90 Å². The van der Waals surface area contributed by atoms with Gasteiger partial charge in [-0.25, -0.2) is 9.59 Å². The second-order valence-corrected chi connectivity index (χ2v) is 7.35. The van der Waals surface area contributed by atoms with Gasteiger partial charge in [-0.2, -0.15) is 0 Å². The highest BCUT2D eigenvalue weighted by Gasteiger charge is 2.36. The van der Waals surface area contributed by atoms with Gasteiger partial charge in [0.1, 0.15) is 11.5 Å². The van der Waals surface area contributed by atoms with Crippen LogP contribution in [-0.2, 0) is 14.3 Å². The van der Waals surface area contributed by atoms with Gasteiger partial charge in [0.15, 0.2) is 0 Å². The van der Waals surface area contributed by atoms with Crippen LogP contribution in [0.3, 0.4) is 0 Å². The Balaban J connectivity index is 2.02. The Bertz CT molecular complexity index is 1010. The maximum atomic E-state index is 12.3. The van der Waals surface area contributed by atoms with E-state index in [1.54, 1.807) is 13.8 Å². The Morgan fingerprint density at radius 1 is 0.931 bits per heavy atom. The third-order valence-corrected chi connectivity index (χ3v) is 5.32. The molecule has 0 N–H and O–H groups in total. The molecule has 1 aromatic heterocycles. The summed E-state index contributed by atoms with van der Waals surface area (Å²) in [5.41, 5.74) is 5.03. The molecule has 0 unspecified atom stereocenters. The molecule has 2 aromatic rings. The molecule has 0 atom stereocenters. The minimum absolute atomic E-state index is 0.322. The lowest BCUT2D eigenvalue weighted by atomic mass is 9.94. The first kappa shape index (κ1) is 20.6. The van der Waals surface area contributed by atoms with Gasteiger partial charge < -0.3 is 14.1 Å². The predicted molar refractivity (Wildman–Crippen MR) is 115 cm³/mol. The van der Waals surface area contributed by atoms with Gasteiger partial charge in [0, 0.05) is 29.9 Å². The minimum Gasteiger partial charge on any atom is -0.461 e. The molecule has 1 fully saturated rings. The Labute approximate surface area is 171 Å². The number of esters is 2. The van der Waals surface area contributed by atoms with Gasteiger partial charge in [0.05, 0.1) is 11.1 Å². The number of carbonyl (C=O) groups is 2. The molecular formula is C24H27NO4. The maximum Gasteiger partial charge on any atom is 0.347 e. The van der Waals surface area contributed by atoms with Crippen LogP contribution in [0.2, 0.25) is 0 Å². The zero-order valence-electron chi connectivity index (χ0n) is 17.9. The Hall–Kier alpha value is -3.08. The summed E-state index contributed by atoms with van der Waals surface area (Å²) in [6.07, 6.45) is 0. The number of anilines is 1. The monoisotopic (exact) mass is 393 g/mol. The number of carbonyl (C=O) groups excluding carboxylic acids is 2. The molecule has 29 heavy (non-hydrogen) atoms. The van der Waals surface area contributed by atoms with Crippen molar-refractivity contribution < 1.29 is 18.7 Å². The standard InChI is InChI=1S/C24H27NO4/c1-7-25(8-2)18-11-9-17(10-12-18)20-13-19(16(6)28-20)15(5)22-21(14(3)4)23(26)29-24(22)27/h9-13H,7-8H2,1-6H3. The van der Waals surface area contributed by atoms with Crippen molar-refractivity contribution in [3.8, 4) is 11.3 Å². The van der Waals surface area contributed by atoms with Crippen LogP contribution in [0.4, 0.5) is 5.69 Å². The number of rotatable bonds is 5. The first-order chi connectivity index (χ1) is 13.8. The zero-order chi connectivity index (χ0) is 21.3. The molecule has 1 aromatic carbocycles. The molecule has 1 aliphatic rings. The molecule has 152 valence electrons. The molecule has 2 heterocycles. The maximum absolute atomic E-state index is 12.3. The highest BCUT2D eigenvalue weighted by Crippen LogP contribution is 2.36. The topological polar surface area (TPSA) is 59.8 Å². The van der Waals surface area contributed by atoms with Crippen LogP contribution >= 0.6 is 0 Å². The number of furan rings is 1. The molecule has 0 aliphatic carbocycles. The van der Waals surface area contributed by atoms with Crippen molar-refractivity contribution in [3.05, 3.63) is 58.4 Å². The summed E-state index contributed by atoms with van der Waals surface area (Å²) in [6.45, 7) is 13.5. The van der Waals surface area contributed by atoms with E-state index in [9.17, 15) is 9.59 Å². The average molecular weight is 393 g/mol. The van der Waals surface area contributed by atoms with E-state index in [0.29, 0.717) is 22.5 Å². The molecule has 0 amide bonds. The van der Waals surface area contributed by atoms with Crippen molar-refractivity contribution in [3.63, 3.8) is 0 Å². The first-order valence-corrected chi connectivity index (χ1v) is 9.89. The molecule has 5 nitrogen and oxygen atoms in total. The molecule has 1 saturated heterocycles. The normalized spacial score (nSPS) is 15.6. The quantitative estimate of drug-likeness (QED) is 0.392. The van der Waals surface area contributed by atoms with E-state index < -0.39 is 11.9 Å². The lowest BCUT2D eigenvalue weighted by Gasteiger charge is -2.20. The number of aryl methyl sites for hydroxylation is 1. The van der Waals surface area contributed by atoms with Gasteiger partial charge in [-0.1, -0.05) is 5.57 Å². The van der Waals surface area contributed by atoms with E-state index in [1.807, 2.05) is 32.0 Å². The first-order valence-electron chi connectivity index (χ1n) is 9.89. The highest BCUT2D eigenvalue weighted by molar-refractivity contribution is 6.22. The molecule has 0 radical (unpaired) electrons. The second kappa shape index (κ2) is 8.11. The van der Waals surface area contributed by atoms with Gasteiger partial charge in [0.25, 0.3) is 0 Å². The van der Waals surface area contributed by atoms with Gasteiger partial charge >= 0.3 is 11.9 Å². The Morgan fingerprint density at radius 3 is 2.07 bits per heavy atom. The smallest absolute Gasteiger partial charge is 0.347 e. The molecule has 3 rings (SSSR count). The van der Waals surface area contributed by atoms with E-state index >= 15 is 0 Å². The van der Waals surface area contributed by atoms with E-state index in [2.05, 4.69) is 30.9 Å². The van der Waals surface area contributed by atoms with Crippen molar-refractivity contribution in [1.82, 2.24) is 0 Å². The third-order valence-electron chi connectivity index (χ3n) is 5.32. The number of nitrogens with zero attached hydrogens (tertiary/aromatic N) is 1. The van der Waals surface area contributed by atoms with Crippen LogP contribution in [0.5, 0.6) is 0 Å². The average Bonchev–Trinajstić information content (AvgIpc) is 3.22. The van der Waals surface area contributed by atoms with E-state index in [1.165, 1.54) is 5.69 Å². The highest BCUT2D eigenvalue weighted by atomic mass is 16.6. The van der Waals surface area contributed by atoms with E-state index in [0.717, 1.165) is 35.5 Å². The summed E-state index contributed by atoms with van der Waals surface area (Å²) in [5, 5.41) is 0. The molecule has 0 spiro atoms. The van der Waals surface area contributed by atoms with E-state index in [-0.39, 0.29) is 0 Å². The van der Waals surface area contributed by atoms with Gasteiger partial charge in [0.2, 0.25) is 0 Å². The summed E-state index contributed by atoms with van der Waals surface area (Å²) in [6, 6.07) is 10.2. The number of cyclic esters (lactones) is 2. The lowest BCUT2D eigenvalue weighted by Crippen LogP contribution is -2.21.